The molecule has 0 fully saturated rings. The Bertz CT molecular complexity index is 1350. The van der Waals surface area contributed by atoms with Crippen LogP contribution in [0.3, 0.4) is 0 Å². The molecule has 0 unspecified atom stereocenters. The van der Waals surface area contributed by atoms with Crippen molar-refractivity contribution in [1.29, 1.82) is 5.26 Å². The van der Waals surface area contributed by atoms with Gasteiger partial charge in [0.1, 0.15) is 5.69 Å². The summed E-state index contributed by atoms with van der Waals surface area (Å²) in [7, 11) is 0. The maximum atomic E-state index is 12.8. The van der Waals surface area contributed by atoms with Gasteiger partial charge in [0.05, 0.1) is 30.1 Å². The lowest BCUT2D eigenvalue weighted by atomic mass is 9.99. The fourth-order valence-corrected chi connectivity index (χ4v) is 4.94. The average molecular weight is 456 g/mol. The van der Waals surface area contributed by atoms with E-state index in [1.54, 1.807) is 22.9 Å². The van der Waals surface area contributed by atoms with E-state index in [1.807, 2.05) is 36.5 Å². The molecule has 0 aliphatic heterocycles. The molecule has 9 heteroatoms. The van der Waals surface area contributed by atoms with Gasteiger partial charge >= 0.3 is 0 Å². The summed E-state index contributed by atoms with van der Waals surface area (Å²) in [5.74, 6) is -0.191. The molecule has 1 atom stereocenters. The highest BCUT2D eigenvalue weighted by molar-refractivity contribution is 7.15. The van der Waals surface area contributed by atoms with Crippen molar-refractivity contribution >= 4 is 22.4 Å². The number of aromatic nitrogens is 4. The molecule has 2 heterocycles. The van der Waals surface area contributed by atoms with E-state index in [9.17, 15) is 4.79 Å². The van der Waals surface area contributed by atoms with Crippen LogP contribution in [0.5, 0.6) is 0 Å². The van der Waals surface area contributed by atoms with E-state index < -0.39 is 0 Å². The number of amides is 1. The van der Waals surface area contributed by atoms with Crippen LogP contribution in [0.25, 0.3) is 11.3 Å². The summed E-state index contributed by atoms with van der Waals surface area (Å²) in [5, 5.41) is 20.9. The van der Waals surface area contributed by atoms with Gasteiger partial charge in [-0.25, -0.2) is 9.67 Å². The van der Waals surface area contributed by atoms with Crippen molar-refractivity contribution in [3.8, 4) is 17.3 Å². The molecule has 8 nitrogen and oxygen atoms in total. The number of aryl methyl sites for hydroxylation is 1. The van der Waals surface area contributed by atoms with E-state index in [-0.39, 0.29) is 11.9 Å². The first-order chi connectivity index (χ1) is 16.1. The number of hydrogen-bond donors (Lipinski definition) is 2. The second kappa shape index (κ2) is 8.94. The van der Waals surface area contributed by atoms with E-state index >= 15 is 0 Å². The summed E-state index contributed by atoms with van der Waals surface area (Å²) in [5.41, 5.74) is 10.8. The van der Waals surface area contributed by atoms with Crippen LogP contribution in [0, 0.1) is 11.3 Å². The molecule has 33 heavy (non-hydrogen) atoms. The van der Waals surface area contributed by atoms with Crippen LogP contribution >= 0.6 is 11.3 Å². The van der Waals surface area contributed by atoms with Gasteiger partial charge in [-0.2, -0.15) is 5.26 Å². The Morgan fingerprint density at radius 3 is 2.94 bits per heavy atom. The highest BCUT2D eigenvalue weighted by Crippen LogP contribution is 2.29. The van der Waals surface area contributed by atoms with Crippen LogP contribution in [0.1, 0.15) is 38.5 Å². The number of nitriles is 1. The first kappa shape index (κ1) is 21.0. The minimum atomic E-state index is -0.191. The number of rotatable bonds is 5. The van der Waals surface area contributed by atoms with Crippen molar-refractivity contribution in [2.24, 2.45) is 5.73 Å². The number of thiazole rings is 1. The molecule has 1 amide bonds. The quantitative estimate of drug-likeness (QED) is 0.476. The molecular formula is C24H21N7OS. The van der Waals surface area contributed by atoms with Gasteiger partial charge in [-0.15, -0.1) is 16.4 Å². The van der Waals surface area contributed by atoms with Crippen LogP contribution in [-0.4, -0.2) is 31.9 Å². The maximum absolute atomic E-state index is 12.8. The molecule has 3 N–H and O–H groups in total. The SMILES string of the molecule is N#Cc1ccc(-c2cn(Cc3cccc(C(=O)Nc4nc5c(s4)C[C@@H](N)CC5)c3)nn2)cc1. The predicted octanol–water partition coefficient (Wildman–Crippen LogP) is 3.39. The van der Waals surface area contributed by atoms with Crippen molar-refractivity contribution < 1.29 is 4.79 Å². The van der Waals surface area contributed by atoms with Gasteiger partial charge in [0.25, 0.3) is 5.91 Å². The standard InChI is InChI=1S/C24H21N7OS/c25-12-15-4-6-17(7-5-15)21-14-31(30-29-21)13-16-2-1-3-18(10-16)23(32)28-24-27-20-9-8-19(26)11-22(20)33-24/h1-7,10,14,19H,8-9,11,13,26H2,(H,27,28,32)/t19-/m0/s1. The topological polar surface area (TPSA) is 123 Å². The monoisotopic (exact) mass is 455 g/mol. The average Bonchev–Trinajstić information content (AvgIpc) is 3.45. The minimum Gasteiger partial charge on any atom is -0.327 e. The summed E-state index contributed by atoms with van der Waals surface area (Å²) >= 11 is 1.51. The van der Waals surface area contributed by atoms with Crippen molar-refractivity contribution in [2.45, 2.75) is 31.8 Å². The molecule has 0 bridgehead atoms. The first-order valence-electron chi connectivity index (χ1n) is 10.6. The molecule has 0 saturated carbocycles. The maximum Gasteiger partial charge on any atom is 0.257 e. The summed E-state index contributed by atoms with van der Waals surface area (Å²) in [4.78, 5) is 18.6. The normalized spacial score (nSPS) is 15.0. The second-order valence-electron chi connectivity index (χ2n) is 8.04. The number of nitrogens with zero attached hydrogens (tertiary/aromatic N) is 5. The smallest absolute Gasteiger partial charge is 0.257 e. The number of nitrogens with one attached hydrogen (secondary N) is 1. The highest BCUT2D eigenvalue weighted by atomic mass is 32.1. The third-order valence-electron chi connectivity index (χ3n) is 5.58. The Morgan fingerprint density at radius 2 is 2.12 bits per heavy atom. The first-order valence-corrected chi connectivity index (χ1v) is 11.4. The van der Waals surface area contributed by atoms with Crippen LogP contribution in [0.15, 0.2) is 54.7 Å². The Hall–Kier alpha value is -3.87. The van der Waals surface area contributed by atoms with Gasteiger partial charge in [-0.05, 0) is 49.1 Å². The van der Waals surface area contributed by atoms with Crippen LogP contribution in [0.4, 0.5) is 5.13 Å². The molecule has 1 aliphatic rings. The number of anilines is 1. The zero-order chi connectivity index (χ0) is 22.8. The van der Waals surface area contributed by atoms with Gasteiger partial charge in [-0.3, -0.25) is 10.1 Å². The molecule has 0 radical (unpaired) electrons. The predicted molar refractivity (Wildman–Crippen MR) is 126 cm³/mol. The van der Waals surface area contributed by atoms with Gasteiger partial charge in [-0.1, -0.05) is 29.5 Å². The number of carbonyl (C=O) groups is 1. The lowest BCUT2D eigenvalue weighted by Crippen LogP contribution is -2.27. The van der Waals surface area contributed by atoms with E-state index in [4.69, 9.17) is 11.0 Å². The fraction of sp³-hybridized carbons (Fsp3) is 0.208. The zero-order valence-corrected chi connectivity index (χ0v) is 18.5. The number of benzene rings is 2. The molecular weight excluding hydrogens is 434 g/mol. The number of hydrogen-bond acceptors (Lipinski definition) is 7. The largest absolute Gasteiger partial charge is 0.327 e. The molecule has 5 rings (SSSR count). The van der Waals surface area contributed by atoms with Crippen molar-refractivity contribution in [2.75, 3.05) is 5.32 Å². The highest BCUT2D eigenvalue weighted by Gasteiger charge is 2.21. The second-order valence-corrected chi connectivity index (χ2v) is 9.12. The molecule has 1 aliphatic carbocycles. The van der Waals surface area contributed by atoms with Gasteiger partial charge in [0.2, 0.25) is 0 Å². The third-order valence-corrected chi connectivity index (χ3v) is 6.62. The summed E-state index contributed by atoms with van der Waals surface area (Å²) in [6.45, 7) is 0.480. The van der Waals surface area contributed by atoms with Crippen LogP contribution in [-0.2, 0) is 19.4 Å². The summed E-state index contributed by atoms with van der Waals surface area (Å²) in [6, 6.07) is 16.9. The van der Waals surface area contributed by atoms with Gasteiger partial charge in [0.15, 0.2) is 5.13 Å². The minimum absolute atomic E-state index is 0.174. The van der Waals surface area contributed by atoms with Gasteiger partial charge < -0.3 is 5.73 Å². The van der Waals surface area contributed by atoms with Crippen LogP contribution < -0.4 is 11.1 Å². The van der Waals surface area contributed by atoms with E-state index in [2.05, 4.69) is 26.7 Å². The Labute approximate surface area is 194 Å². The van der Waals surface area contributed by atoms with E-state index in [1.165, 1.54) is 16.2 Å². The van der Waals surface area contributed by atoms with Gasteiger partial charge in [0, 0.05) is 22.0 Å². The van der Waals surface area contributed by atoms with E-state index in [0.29, 0.717) is 22.8 Å². The van der Waals surface area contributed by atoms with Crippen molar-refractivity contribution in [3.63, 3.8) is 0 Å². The lowest BCUT2D eigenvalue weighted by Gasteiger charge is -2.15. The number of fused-ring (bicyclic) bond motifs is 1. The summed E-state index contributed by atoms with van der Waals surface area (Å²) < 4.78 is 1.72. The molecule has 2 aromatic carbocycles. The molecule has 2 aromatic heterocycles. The lowest BCUT2D eigenvalue weighted by molar-refractivity contribution is 0.102. The Kier molecular flexibility index (Phi) is 5.69. The van der Waals surface area contributed by atoms with Crippen molar-refractivity contribution in [1.82, 2.24) is 20.0 Å². The van der Waals surface area contributed by atoms with Crippen LogP contribution in [0.2, 0.25) is 0 Å². The number of carbonyl (C=O) groups excluding carboxylic acids is 1. The fourth-order valence-electron chi connectivity index (χ4n) is 3.84. The zero-order valence-electron chi connectivity index (χ0n) is 17.7. The third kappa shape index (κ3) is 4.67. The Morgan fingerprint density at radius 1 is 1.27 bits per heavy atom. The molecule has 0 spiro atoms. The summed E-state index contributed by atoms with van der Waals surface area (Å²) in [6.07, 6.45) is 4.46. The molecule has 4 aromatic rings. The number of nitrogens with two attached hydrogens (primary N) is 1. The Balaban J connectivity index is 1.27. The van der Waals surface area contributed by atoms with E-state index in [0.717, 1.165) is 41.8 Å². The molecule has 0 saturated heterocycles. The van der Waals surface area contributed by atoms with Crippen molar-refractivity contribution in [3.05, 3.63) is 82.0 Å². The molecule has 164 valence electrons.